The van der Waals surface area contributed by atoms with Crippen molar-refractivity contribution in [1.82, 2.24) is 4.57 Å². The summed E-state index contributed by atoms with van der Waals surface area (Å²) in [5.74, 6) is 0.0248. The van der Waals surface area contributed by atoms with Crippen molar-refractivity contribution < 1.29 is 4.68 Å². The van der Waals surface area contributed by atoms with E-state index < -0.39 is 0 Å². The highest BCUT2D eigenvalue weighted by molar-refractivity contribution is 7.17. The topological polar surface area (TPSA) is 63.4 Å². The number of hydrogen-bond acceptors (Lipinski definition) is 4. The zero-order valence-electron chi connectivity index (χ0n) is 14.1. The van der Waals surface area contributed by atoms with Crippen LogP contribution in [0.15, 0.2) is 51.7 Å². The summed E-state index contributed by atoms with van der Waals surface area (Å²) < 4.78 is 4.48. The summed E-state index contributed by atoms with van der Waals surface area (Å²) in [7, 11) is 1.89. The first-order valence-corrected chi connectivity index (χ1v) is 9.04. The lowest BCUT2D eigenvalue weighted by Crippen LogP contribution is -2.26. The first kappa shape index (κ1) is 15.9. The van der Waals surface area contributed by atoms with Crippen molar-refractivity contribution in [3.63, 3.8) is 0 Å². The Bertz CT molecular complexity index is 1060. The lowest BCUT2D eigenvalue weighted by atomic mass is 10.0. The number of rotatable bonds is 3. The molecule has 126 valence electrons. The molecule has 2 atom stereocenters. The third-order valence-electron chi connectivity index (χ3n) is 4.43. The van der Waals surface area contributed by atoms with E-state index in [2.05, 4.69) is 10.5 Å². The van der Waals surface area contributed by atoms with Crippen molar-refractivity contribution in [2.75, 3.05) is 7.05 Å². The summed E-state index contributed by atoms with van der Waals surface area (Å²) in [6.45, 7) is 1.90. The average molecular weight is 351 g/mol. The molecule has 0 spiro atoms. The average Bonchev–Trinajstić information content (AvgIpc) is 3.21. The van der Waals surface area contributed by atoms with Crippen molar-refractivity contribution in [1.29, 1.82) is 0 Å². The van der Waals surface area contributed by atoms with Gasteiger partial charge in [-0.3, -0.25) is 9.36 Å². The Morgan fingerprint density at radius 2 is 2.08 bits per heavy atom. The fraction of sp³-hybridized carbons (Fsp3) is 0.211. The van der Waals surface area contributed by atoms with Crippen LogP contribution in [0, 0.1) is 0 Å². The van der Waals surface area contributed by atoms with E-state index in [0.29, 0.717) is 0 Å². The number of para-hydroxylation sites is 1. The van der Waals surface area contributed by atoms with Crippen LogP contribution in [-0.2, 0) is 0 Å². The van der Waals surface area contributed by atoms with Gasteiger partial charge in [0.1, 0.15) is 5.92 Å². The van der Waals surface area contributed by atoms with Gasteiger partial charge in [0, 0.05) is 22.1 Å². The highest BCUT2D eigenvalue weighted by Gasteiger charge is 2.25. The van der Waals surface area contributed by atoms with Gasteiger partial charge in [0.25, 0.3) is 5.56 Å². The van der Waals surface area contributed by atoms with Crippen LogP contribution in [0.25, 0.3) is 15.8 Å². The van der Waals surface area contributed by atoms with Crippen LogP contribution in [0.5, 0.6) is 0 Å². The van der Waals surface area contributed by atoms with Crippen molar-refractivity contribution in [3.05, 3.63) is 63.4 Å². The lowest BCUT2D eigenvalue weighted by Gasteiger charge is -2.16. The summed E-state index contributed by atoms with van der Waals surface area (Å²) in [5, 5.41) is 7.07. The molecule has 0 amide bonds. The summed E-state index contributed by atoms with van der Waals surface area (Å²) in [4.78, 5) is 13.4. The molecule has 1 aliphatic rings. The molecule has 0 bridgehead atoms. The number of aromatic nitrogens is 1. The molecule has 5 nitrogen and oxygen atoms in total. The van der Waals surface area contributed by atoms with Crippen LogP contribution < -0.4 is 11.3 Å². The minimum absolute atomic E-state index is 0.0244. The second-order valence-electron chi connectivity index (χ2n) is 6.28. The van der Waals surface area contributed by atoms with E-state index in [0.717, 1.165) is 27.0 Å². The molecular formula is C19H19N4OS+. The molecule has 0 saturated carbocycles. The molecule has 2 N–H and O–H groups in total. The molecular weight excluding hydrogens is 332 g/mol. The number of hydrogen-bond donors (Lipinski definition) is 1. The van der Waals surface area contributed by atoms with Crippen LogP contribution in [0.1, 0.15) is 30.1 Å². The van der Waals surface area contributed by atoms with E-state index in [1.807, 2.05) is 62.8 Å². The summed E-state index contributed by atoms with van der Waals surface area (Å²) >= 11 is 1.58. The molecule has 1 aliphatic heterocycles. The van der Waals surface area contributed by atoms with Crippen LogP contribution in [0.3, 0.4) is 0 Å². The molecule has 3 aromatic rings. The molecule has 3 heterocycles. The van der Waals surface area contributed by atoms with E-state index in [9.17, 15) is 4.79 Å². The Hall–Kier alpha value is -2.57. The number of nitrogens with two attached hydrogens (primary N) is 1. The van der Waals surface area contributed by atoms with Gasteiger partial charge in [0.05, 0.1) is 11.6 Å². The predicted molar refractivity (Wildman–Crippen MR) is 104 cm³/mol. The molecule has 25 heavy (non-hydrogen) atoms. The van der Waals surface area contributed by atoms with Crippen LogP contribution in [0.4, 0.5) is 0 Å². The van der Waals surface area contributed by atoms with Crippen LogP contribution in [-0.4, -0.2) is 28.7 Å². The molecule has 1 unspecified atom stereocenters. The maximum absolute atomic E-state index is 13.4. The highest BCUT2D eigenvalue weighted by Crippen LogP contribution is 2.31. The van der Waals surface area contributed by atoms with Crippen LogP contribution in [0.2, 0.25) is 0 Å². The molecule has 0 aliphatic carbocycles. The monoisotopic (exact) mass is 351 g/mol. The number of thiophene rings is 1. The SMILES string of the molecule is C[C@H](N)c1cc2scc(C3C=N[N+](C)=C3)c2c(=O)n1-c1ccccc1. The van der Waals surface area contributed by atoms with Gasteiger partial charge in [-0.1, -0.05) is 22.9 Å². The zero-order valence-corrected chi connectivity index (χ0v) is 14.9. The van der Waals surface area contributed by atoms with Gasteiger partial charge >= 0.3 is 0 Å². The van der Waals surface area contributed by atoms with Crippen molar-refractivity contribution in [2.45, 2.75) is 18.9 Å². The third-order valence-corrected chi connectivity index (χ3v) is 5.38. The molecule has 2 aromatic heterocycles. The van der Waals surface area contributed by atoms with Crippen molar-refractivity contribution >= 4 is 33.9 Å². The van der Waals surface area contributed by atoms with Gasteiger partial charge in [-0.15, -0.1) is 11.3 Å². The van der Waals surface area contributed by atoms with Gasteiger partial charge in [-0.2, -0.15) is 0 Å². The molecule has 0 saturated heterocycles. The molecule has 0 radical (unpaired) electrons. The number of hydrazone groups is 1. The number of pyridine rings is 1. The van der Waals surface area contributed by atoms with Crippen molar-refractivity contribution in [2.24, 2.45) is 10.8 Å². The van der Waals surface area contributed by atoms with Gasteiger partial charge in [-0.25, -0.2) is 0 Å². The second kappa shape index (κ2) is 6.06. The normalized spacial score (nSPS) is 17.9. The standard InChI is InChI=1S/C19H19N4OS/c1-12(20)16-8-17-18(15(11-25-17)13-9-21-22(2)10-13)19(24)23(16)14-6-4-3-5-7-14/h3-13H,20H2,1-2H3/q+1/t12-,13?/m0/s1. The summed E-state index contributed by atoms with van der Waals surface area (Å²) in [6.07, 6.45) is 3.88. The third kappa shape index (κ3) is 2.63. The number of fused-ring (bicyclic) bond motifs is 1. The van der Waals surface area contributed by atoms with E-state index in [-0.39, 0.29) is 17.5 Å². The fourth-order valence-corrected chi connectivity index (χ4v) is 4.26. The smallest absolute Gasteiger partial charge is 0.264 e. The van der Waals surface area contributed by atoms with Gasteiger partial charge in [-0.05, 0) is 41.2 Å². The van der Waals surface area contributed by atoms with Gasteiger partial charge in [0.2, 0.25) is 0 Å². The van der Waals surface area contributed by atoms with E-state index in [1.54, 1.807) is 20.6 Å². The fourth-order valence-electron chi connectivity index (χ4n) is 3.22. The van der Waals surface area contributed by atoms with Crippen LogP contribution >= 0.6 is 11.3 Å². The Labute approximate surface area is 149 Å². The quantitative estimate of drug-likeness (QED) is 0.738. The Morgan fingerprint density at radius 3 is 2.72 bits per heavy atom. The maximum Gasteiger partial charge on any atom is 0.264 e. The number of benzene rings is 1. The van der Waals surface area contributed by atoms with Crippen molar-refractivity contribution in [3.8, 4) is 5.69 Å². The van der Waals surface area contributed by atoms with Gasteiger partial charge < -0.3 is 5.73 Å². The minimum atomic E-state index is -0.242. The van der Waals surface area contributed by atoms with Gasteiger partial charge in [0.15, 0.2) is 13.3 Å². The minimum Gasteiger partial charge on any atom is -0.323 e. The highest BCUT2D eigenvalue weighted by atomic mass is 32.1. The largest absolute Gasteiger partial charge is 0.323 e. The maximum atomic E-state index is 13.4. The Balaban J connectivity index is 2.03. The van der Waals surface area contributed by atoms with E-state index in [1.165, 1.54) is 0 Å². The molecule has 0 fully saturated rings. The molecule has 6 heteroatoms. The Morgan fingerprint density at radius 1 is 1.32 bits per heavy atom. The first-order valence-electron chi connectivity index (χ1n) is 8.16. The summed E-state index contributed by atoms with van der Waals surface area (Å²) in [5.41, 5.74) is 8.80. The first-order chi connectivity index (χ1) is 12.1. The van der Waals surface area contributed by atoms with E-state index in [4.69, 9.17) is 5.73 Å². The molecule has 4 rings (SSSR count). The zero-order chi connectivity index (χ0) is 17.6. The van der Waals surface area contributed by atoms with E-state index >= 15 is 0 Å². The molecule has 1 aromatic carbocycles. The lowest BCUT2D eigenvalue weighted by molar-refractivity contribution is -0.494. The Kier molecular flexibility index (Phi) is 3.86. The predicted octanol–water partition coefficient (Wildman–Crippen LogP) is 2.87. The second-order valence-corrected chi connectivity index (χ2v) is 7.19. The summed E-state index contributed by atoms with van der Waals surface area (Å²) in [6, 6.07) is 11.5. The number of nitrogens with zero attached hydrogens (tertiary/aromatic N) is 3.